The lowest BCUT2D eigenvalue weighted by atomic mass is 10.1. The van der Waals surface area contributed by atoms with Gasteiger partial charge in [0.1, 0.15) is 12.1 Å². The van der Waals surface area contributed by atoms with E-state index in [1.54, 1.807) is 6.08 Å². The maximum absolute atomic E-state index is 10.6. The molecule has 8 nitrogen and oxygen atoms in total. The van der Waals surface area contributed by atoms with Crippen molar-refractivity contribution in [2.24, 2.45) is 11.5 Å². The highest BCUT2D eigenvalue weighted by atomic mass is 16.4. The lowest BCUT2D eigenvalue weighted by Gasteiger charge is -2.08. The molecule has 0 aliphatic rings. The molecule has 8 heteroatoms. The fraction of sp³-hybridized carbons (Fsp3) is 0.304. The summed E-state index contributed by atoms with van der Waals surface area (Å²) < 4.78 is 0. The molecule has 8 N–H and O–H groups in total. The molecule has 31 heavy (non-hydrogen) atoms. The van der Waals surface area contributed by atoms with Gasteiger partial charge in [-0.1, -0.05) is 30.3 Å². The molecule has 0 aromatic heterocycles. The summed E-state index contributed by atoms with van der Waals surface area (Å²) in [6, 6.07) is 13.5. The number of anilines is 2. The van der Waals surface area contributed by atoms with Gasteiger partial charge in [-0.2, -0.15) is 0 Å². The molecule has 2 atom stereocenters. The Morgan fingerprint density at radius 3 is 2.03 bits per heavy atom. The van der Waals surface area contributed by atoms with Crippen molar-refractivity contribution in [3.8, 4) is 0 Å². The van der Waals surface area contributed by atoms with Crippen molar-refractivity contribution in [3.63, 3.8) is 0 Å². The normalized spacial score (nSPS) is 12.0. The Kier molecular flexibility index (Phi) is 11.4. The van der Waals surface area contributed by atoms with E-state index < -0.39 is 24.0 Å². The molecule has 0 saturated carbocycles. The van der Waals surface area contributed by atoms with Crippen LogP contribution < -0.4 is 22.1 Å². The SMILES string of the molecule is C=CCNc1ccc(C[C@H](N)C(=O)O)cc1.CCNc1cccc(C[C@H](N)C(=O)O)c1. The molecular weight excluding hydrogens is 396 g/mol. The maximum atomic E-state index is 10.6. The number of rotatable bonds is 11. The number of hydrogen-bond donors (Lipinski definition) is 6. The Bertz CT molecular complexity index is 840. The molecule has 0 aliphatic heterocycles. The van der Waals surface area contributed by atoms with Gasteiger partial charge in [0.15, 0.2) is 0 Å². The molecule has 0 amide bonds. The third kappa shape index (κ3) is 10.3. The smallest absolute Gasteiger partial charge is 0.320 e. The predicted molar refractivity (Wildman–Crippen MR) is 124 cm³/mol. The van der Waals surface area contributed by atoms with E-state index in [4.69, 9.17) is 21.7 Å². The molecule has 168 valence electrons. The summed E-state index contributed by atoms with van der Waals surface area (Å²) in [5.74, 6) is -1.95. The minimum Gasteiger partial charge on any atom is -0.480 e. The molecule has 2 aromatic carbocycles. The van der Waals surface area contributed by atoms with Crippen LogP contribution in [0.2, 0.25) is 0 Å². The number of benzene rings is 2. The molecule has 2 aromatic rings. The maximum Gasteiger partial charge on any atom is 0.320 e. The van der Waals surface area contributed by atoms with E-state index in [9.17, 15) is 9.59 Å². The minimum absolute atomic E-state index is 0.344. The average Bonchev–Trinajstić information content (AvgIpc) is 2.74. The first-order valence-corrected chi connectivity index (χ1v) is 10.00. The third-order valence-electron chi connectivity index (χ3n) is 4.26. The number of carbonyl (C=O) groups is 2. The number of aliphatic carboxylic acids is 2. The van der Waals surface area contributed by atoms with Gasteiger partial charge >= 0.3 is 11.9 Å². The predicted octanol–water partition coefficient (Wildman–Crippen LogP) is 2.31. The third-order valence-corrected chi connectivity index (χ3v) is 4.26. The summed E-state index contributed by atoms with van der Waals surface area (Å²) in [5.41, 5.74) is 14.7. The zero-order chi connectivity index (χ0) is 23.2. The van der Waals surface area contributed by atoms with E-state index in [0.717, 1.165) is 29.0 Å². The van der Waals surface area contributed by atoms with Crippen LogP contribution in [0, 0.1) is 0 Å². The molecule has 0 fully saturated rings. The van der Waals surface area contributed by atoms with Crippen molar-refractivity contribution in [3.05, 3.63) is 72.3 Å². The van der Waals surface area contributed by atoms with Crippen molar-refractivity contribution in [2.45, 2.75) is 31.8 Å². The van der Waals surface area contributed by atoms with Gasteiger partial charge in [0.05, 0.1) is 0 Å². The Morgan fingerprint density at radius 1 is 0.935 bits per heavy atom. The number of hydrogen-bond acceptors (Lipinski definition) is 6. The number of nitrogens with one attached hydrogen (secondary N) is 2. The first kappa shape index (κ1) is 25.7. The van der Waals surface area contributed by atoms with Gasteiger partial charge in [0, 0.05) is 24.5 Å². The largest absolute Gasteiger partial charge is 0.480 e. The Hall–Kier alpha value is -3.36. The standard InChI is InChI=1S/C12H16N2O2.C11H16N2O2/c1-2-7-14-10-5-3-9(4-6-10)8-11(13)12(15)16;1-2-13-9-5-3-4-8(6-9)7-10(12)11(14)15/h2-6,11,14H,1,7-8,13H2,(H,15,16);3-6,10,13H,2,7,12H2,1H3,(H,14,15)/t11-;10-/m00/s1. The zero-order valence-electron chi connectivity index (χ0n) is 17.8. The fourth-order valence-corrected chi connectivity index (χ4v) is 2.64. The van der Waals surface area contributed by atoms with E-state index in [1.165, 1.54) is 0 Å². The van der Waals surface area contributed by atoms with E-state index in [-0.39, 0.29) is 0 Å². The van der Waals surface area contributed by atoms with E-state index in [1.807, 2.05) is 55.5 Å². The molecular formula is C23H32N4O4. The average molecular weight is 429 g/mol. The topological polar surface area (TPSA) is 151 Å². The first-order valence-electron chi connectivity index (χ1n) is 10.00. The Labute approximate surface area is 183 Å². The van der Waals surface area contributed by atoms with Crippen LogP contribution in [0.1, 0.15) is 18.1 Å². The van der Waals surface area contributed by atoms with Crippen molar-refractivity contribution in [1.82, 2.24) is 0 Å². The van der Waals surface area contributed by atoms with Crippen LogP contribution in [-0.4, -0.2) is 47.3 Å². The van der Waals surface area contributed by atoms with Crippen molar-refractivity contribution < 1.29 is 19.8 Å². The monoisotopic (exact) mass is 428 g/mol. The highest BCUT2D eigenvalue weighted by Crippen LogP contribution is 2.12. The number of carboxylic acids is 2. The van der Waals surface area contributed by atoms with Crippen molar-refractivity contribution in [2.75, 3.05) is 23.7 Å². The lowest BCUT2D eigenvalue weighted by molar-refractivity contribution is -0.139. The van der Waals surface area contributed by atoms with E-state index in [2.05, 4.69) is 17.2 Å². The van der Waals surface area contributed by atoms with Crippen LogP contribution in [0.25, 0.3) is 0 Å². The summed E-state index contributed by atoms with van der Waals surface area (Å²) in [6.45, 7) is 7.16. The van der Waals surface area contributed by atoms with Crippen LogP contribution in [0.5, 0.6) is 0 Å². The molecule has 0 spiro atoms. The molecule has 2 rings (SSSR count). The van der Waals surface area contributed by atoms with Crippen molar-refractivity contribution in [1.29, 1.82) is 0 Å². The Balaban J connectivity index is 0.000000311. The van der Waals surface area contributed by atoms with Gasteiger partial charge < -0.3 is 32.3 Å². The second-order valence-corrected chi connectivity index (χ2v) is 6.89. The molecule has 0 saturated heterocycles. The first-order chi connectivity index (χ1) is 14.8. The van der Waals surface area contributed by atoms with Crippen LogP contribution in [-0.2, 0) is 22.4 Å². The second-order valence-electron chi connectivity index (χ2n) is 6.89. The summed E-state index contributed by atoms with van der Waals surface area (Å²) in [6.07, 6.45) is 2.47. The lowest BCUT2D eigenvalue weighted by Crippen LogP contribution is -2.32. The molecule has 0 aliphatic carbocycles. The van der Waals surface area contributed by atoms with Crippen LogP contribution >= 0.6 is 0 Å². The molecule has 0 radical (unpaired) electrons. The molecule has 0 heterocycles. The molecule has 0 unspecified atom stereocenters. The van der Waals surface area contributed by atoms with Gasteiger partial charge in [-0.15, -0.1) is 6.58 Å². The minimum atomic E-state index is -0.978. The van der Waals surface area contributed by atoms with Gasteiger partial charge in [0.2, 0.25) is 0 Å². The van der Waals surface area contributed by atoms with Gasteiger partial charge in [-0.05, 0) is 55.2 Å². The quantitative estimate of drug-likeness (QED) is 0.298. The fourth-order valence-electron chi connectivity index (χ4n) is 2.64. The highest BCUT2D eigenvalue weighted by molar-refractivity contribution is 5.74. The summed E-state index contributed by atoms with van der Waals surface area (Å²) >= 11 is 0. The summed E-state index contributed by atoms with van der Waals surface area (Å²) in [4.78, 5) is 21.1. The second kappa shape index (κ2) is 13.8. The number of nitrogens with two attached hydrogens (primary N) is 2. The zero-order valence-corrected chi connectivity index (χ0v) is 17.8. The van der Waals surface area contributed by atoms with Crippen LogP contribution in [0.4, 0.5) is 11.4 Å². The summed E-state index contributed by atoms with van der Waals surface area (Å²) in [5, 5.41) is 23.6. The van der Waals surface area contributed by atoms with Gasteiger partial charge in [0.25, 0.3) is 0 Å². The van der Waals surface area contributed by atoms with E-state index in [0.29, 0.717) is 19.4 Å². The van der Waals surface area contributed by atoms with Crippen LogP contribution in [0.15, 0.2) is 61.2 Å². The summed E-state index contributed by atoms with van der Waals surface area (Å²) in [7, 11) is 0. The van der Waals surface area contributed by atoms with Crippen LogP contribution in [0.3, 0.4) is 0 Å². The van der Waals surface area contributed by atoms with E-state index >= 15 is 0 Å². The number of carboxylic acid groups (broad SMARTS) is 2. The Morgan fingerprint density at radius 2 is 1.52 bits per heavy atom. The van der Waals surface area contributed by atoms with Crippen molar-refractivity contribution >= 4 is 23.3 Å². The van der Waals surface area contributed by atoms with Gasteiger partial charge in [-0.25, -0.2) is 0 Å². The van der Waals surface area contributed by atoms with Gasteiger partial charge in [-0.3, -0.25) is 9.59 Å². The molecule has 0 bridgehead atoms. The highest BCUT2D eigenvalue weighted by Gasteiger charge is 2.12.